The maximum atomic E-state index is 10.8. The molecule has 0 amide bonds. The van der Waals surface area contributed by atoms with Crippen LogP contribution in [0.4, 0.5) is 0 Å². The second-order valence-corrected chi connectivity index (χ2v) is 4.96. The number of aryl methyl sites for hydroxylation is 1. The van der Waals surface area contributed by atoms with Crippen molar-refractivity contribution in [2.24, 2.45) is 0 Å². The van der Waals surface area contributed by atoms with Crippen molar-refractivity contribution in [3.8, 4) is 0 Å². The average Bonchev–Trinajstić information content (AvgIpc) is 2.78. The van der Waals surface area contributed by atoms with E-state index in [9.17, 15) is 5.11 Å². The third-order valence-electron chi connectivity index (χ3n) is 3.04. The van der Waals surface area contributed by atoms with Crippen molar-refractivity contribution in [2.45, 2.75) is 32.4 Å². The first-order chi connectivity index (χ1) is 8.55. The molecule has 1 aromatic carbocycles. The van der Waals surface area contributed by atoms with Crippen LogP contribution in [0.1, 0.15) is 31.5 Å². The van der Waals surface area contributed by atoms with E-state index in [1.807, 2.05) is 22.9 Å². The van der Waals surface area contributed by atoms with Crippen LogP contribution in [0.5, 0.6) is 0 Å². The van der Waals surface area contributed by atoms with Gasteiger partial charge in [-0.15, -0.1) is 0 Å². The van der Waals surface area contributed by atoms with Crippen LogP contribution in [0.25, 0.3) is 0 Å². The molecule has 0 fully saturated rings. The van der Waals surface area contributed by atoms with Crippen LogP contribution in [-0.4, -0.2) is 14.9 Å². The van der Waals surface area contributed by atoms with Gasteiger partial charge in [-0.2, -0.15) is 5.10 Å². The summed E-state index contributed by atoms with van der Waals surface area (Å²) in [7, 11) is 0. The lowest BCUT2D eigenvalue weighted by Crippen LogP contribution is -2.27. The van der Waals surface area contributed by atoms with Crippen molar-refractivity contribution in [1.29, 1.82) is 0 Å². The molecule has 1 aromatic heterocycles. The standard InChI is InChI=1S/C14H17ClN2O/c1-3-9-17-13(7-8-16-17)14(2,18)11-5-4-6-12(15)10-11/h4-8,10,18H,3,9H2,1-2H3. The van der Waals surface area contributed by atoms with E-state index >= 15 is 0 Å². The van der Waals surface area contributed by atoms with Gasteiger partial charge in [0.25, 0.3) is 0 Å². The number of rotatable bonds is 4. The summed E-state index contributed by atoms with van der Waals surface area (Å²) in [5.74, 6) is 0. The lowest BCUT2D eigenvalue weighted by Gasteiger charge is -2.25. The van der Waals surface area contributed by atoms with Crippen molar-refractivity contribution >= 4 is 11.6 Å². The zero-order valence-corrected chi connectivity index (χ0v) is 11.4. The Bertz CT molecular complexity index is 534. The lowest BCUT2D eigenvalue weighted by atomic mass is 9.92. The van der Waals surface area contributed by atoms with Gasteiger partial charge in [-0.1, -0.05) is 30.7 Å². The van der Waals surface area contributed by atoms with Crippen LogP contribution < -0.4 is 0 Å². The maximum Gasteiger partial charge on any atom is 0.128 e. The molecule has 0 bridgehead atoms. The molecule has 2 aromatic rings. The van der Waals surface area contributed by atoms with Gasteiger partial charge in [-0.25, -0.2) is 0 Å². The summed E-state index contributed by atoms with van der Waals surface area (Å²) in [6.07, 6.45) is 2.68. The second-order valence-electron chi connectivity index (χ2n) is 4.52. The highest BCUT2D eigenvalue weighted by molar-refractivity contribution is 6.30. The smallest absolute Gasteiger partial charge is 0.128 e. The maximum absolute atomic E-state index is 10.8. The Hall–Kier alpha value is -1.32. The van der Waals surface area contributed by atoms with Crippen molar-refractivity contribution in [1.82, 2.24) is 9.78 Å². The third-order valence-corrected chi connectivity index (χ3v) is 3.27. The molecular weight excluding hydrogens is 248 g/mol. The first-order valence-corrected chi connectivity index (χ1v) is 6.44. The monoisotopic (exact) mass is 264 g/mol. The summed E-state index contributed by atoms with van der Waals surface area (Å²) in [5.41, 5.74) is 0.468. The molecule has 1 unspecified atom stereocenters. The highest BCUT2D eigenvalue weighted by atomic mass is 35.5. The predicted octanol–water partition coefficient (Wildman–Crippen LogP) is 3.20. The molecule has 1 atom stereocenters. The number of aromatic nitrogens is 2. The normalized spacial score (nSPS) is 14.4. The largest absolute Gasteiger partial charge is 0.379 e. The Morgan fingerprint density at radius 3 is 2.83 bits per heavy atom. The molecule has 4 heteroatoms. The zero-order valence-electron chi connectivity index (χ0n) is 10.6. The summed E-state index contributed by atoms with van der Waals surface area (Å²) in [4.78, 5) is 0. The van der Waals surface area contributed by atoms with E-state index < -0.39 is 5.60 Å². The molecule has 3 nitrogen and oxygen atoms in total. The van der Waals surface area contributed by atoms with Crippen LogP contribution in [-0.2, 0) is 12.1 Å². The number of benzene rings is 1. The van der Waals surface area contributed by atoms with Gasteiger partial charge in [0, 0.05) is 17.8 Å². The SMILES string of the molecule is CCCn1nccc1C(C)(O)c1cccc(Cl)c1. The topological polar surface area (TPSA) is 38.0 Å². The first kappa shape index (κ1) is 13.1. The van der Waals surface area contributed by atoms with E-state index in [-0.39, 0.29) is 0 Å². The summed E-state index contributed by atoms with van der Waals surface area (Å²) >= 11 is 5.98. The van der Waals surface area contributed by atoms with Crippen molar-refractivity contribution < 1.29 is 5.11 Å². The number of nitrogens with zero attached hydrogens (tertiary/aromatic N) is 2. The molecule has 0 aliphatic rings. The van der Waals surface area contributed by atoms with Gasteiger partial charge < -0.3 is 5.11 Å². The molecule has 0 aliphatic carbocycles. The fourth-order valence-corrected chi connectivity index (χ4v) is 2.27. The molecule has 2 rings (SSSR count). The molecular formula is C14H17ClN2O. The number of halogens is 1. The second kappa shape index (κ2) is 5.12. The van der Waals surface area contributed by atoms with E-state index in [4.69, 9.17) is 11.6 Å². The summed E-state index contributed by atoms with van der Waals surface area (Å²) in [6, 6.07) is 9.13. The molecule has 18 heavy (non-hydrogen) atoms. The van der Waals surface area contributed by atoms with E-state index in [2.05, 4.69) is 12.0 Å². The highest BCUT2D eigenvalue weighted by Gasteiger charge is 2.29. The van der Waals surface area contributed by atoms with Crippen LogP contribution in [0.3, 0.4) is 0 Å². The van der Waals surface area contributed by atoms with E-state index in [1.54, 1.807) is 25.3 Å². The molecule has 0 saturated carbocycles. The van der Waals surface area contributed by atoms with Gasteiger partial charge in [0.15, 0.2) is 0 Å². The van der Waals surface area contributed by atoms with Gasteiger partial charge >= 0.3 is 0 Å². The summed E-state index contributed by atoms with van der Waals surface area (Å²) in [5, 5.41) is 15.6. The Morgan fingerprint density at radius 1 is 1.39 bits per heavy atom. The minimum absolute atomic E-state index is 0.620. The Balaban J connectivity index is 2.44. The molecule has 1 heterocycles. The van der Waals surface area contributed by atoms with E-state index in [0.717, 1.165) is 24.2 Å². The van der Waals surface area contributed by atoms with Gasteiger partial charge in [0.05, 0.1) is 5.69 Å². The van der Waals surface area contributed by atoms with Gasteiger partial charge in [-0.05, 0) is 37.1 Å². The fourth-order valence-electron chi connectivity index (χ4n) is 2.08. The molecule has 0 spiro atoms. The molecule has 0 aliphatic heterocycles. The van der Waals surface area contributed by atoms with Crippen LogP contribution in [0, 0.1) is 0 Å². The van der Waals surface area contributed by atoms with E-state index in [1.165, 1.54) is 0 Å². The first-order valence-electron chi connectivity index (χ1n) is 6.06. The lowest BCUT2D eigenvalue weighted by molar-refractivity contribution is 0.0914. The number of aliphatic hydroxyl groups is 1. The van der Waals surface area contributed by atoms with Crippen molar-refractivity contribution in [2.75, 3.05) is 0 Å². The quantitative estimate of drug-likeness (QED) is 0.921. The van der Waals surface area contributed by atoms with Crippen LogP contribution in [0.2, 0.25) is 5.02 Å². The highest BCUT2D eigenvalue weighted by Crippen LogP contribution is 2.30. The average molecular weight is 265 g/mol. The van der Waals surface area contributed by atoms with Crippen LogP contribution in [0.15, 0.2) is 36.5 Å². The predicted molar refractivity (Wildman–Crippen MR) is 72.6 cm³/mol. The molecule has 0 saturated heterocycles. The van der Waals surface area contributed by atoms with Crippen LogP contribution >= 0.6 is 11.6 Å². The molecule has 0 radical (unpaired) electrons. The molecule has 96 valence electrons. The van der Waals surface area contributed by atoms with E-state index in [0.29, 0.717) is 5.02 Å². The van der Waals surface area contributed by atoms with Gasteiger partial charge in [0.2, 0.25) is 0 Å². The molecule has 1 N–H and O–H groups in total. The van der Waals surface area contributed by atoms with Gasteiger partial charge in [0.1, 0.15) is 5.60 Å². The van der Waals surface area contributed by atoms with Gasteiger partial charge in [-0.3, -0.25) is 4.68 Å². The minimum Gasteiger partial charge on any atom is -0.379 e. The zero-order chi connectivity index (χ0) is 13.2. The summed E-state index contributed by atoms with van der Waals surface area (Å²) in [6.45, 7) is 4.64. The van der Waals surface area contributed by atoms with Crippen molar-refractivity contribution in [3.63, 3.8) is 0 Å². The number of hydrogen-bond donors (Lipinski definition) is 1. The Morgan fingerprint density at radius 2 is 2.17 bits per heavy atom. The fraction of sp³-hybridized carbons (Fsp3) is 0.357. The number of hydrogen-bond acceptors (Lipinski definition) is 2. The minimum atomic E-state index is -1.09. The third kappa shape index (κ3) is 2.42. The Kier molecular flexibility index (Phi) is 3.73. The van der Waals surface area contributed by atoms with Crippen molar-refractivity contribution in [3.05, 3.63) is 52.8 Å². The Labute approximate surface area is 112 Å². The summed E-state index contributed by atoms with van der Waals surface area (Å²) < 4.78 is 1.83.